The molecule has 4 aromatic rings. The van der Waals surface area contributed by atoms with Crippen molar-refractivity contribution in [2.75, 3.05) is 13.2 Å². The average Bonchev–Trinajstić information content (AvgIpc) is 3.24. The Hall–Kier alpha value is -4.46. The van der Waals surface area contributed by atoms with Crippen LogP contribution in [0.4, 0.5) is 4.39 Å². The maximum atomic E-state index is 13.4. The van der Waals surface area contributed by atoms with E-state index in [-0.39, 0.29) is 18.4 Å². The molecule has 0 unspecified atom stereocenters. The van der Waals surface area contributed by atoms with Crippen LogP contribution in [0.15, 0.2) is 65.1 Å². The molecule has 0 aliphatic carbocycles. The first-order valence-corrected chi connectivity index (χ1v) is 11.4. The number of aldehydes is 1. The quantitative estimate of drug-likeness (QED) is 0.323. The maximum Gasteiger partial charge on any atom is 0.255 e. The van der Waals surface area contributed by atoms with E-state index in [1.807, 2.05) is 13.8 Å². The van der Waals surface area contributed by atoms with Gasteiger partial charge in [-0.3, -0.25) is 14.4 Å². The van der Waals surface area contributed by atoms with Gasteiger partial charge in [-0.2, -0.15) is 0 Å². The third kappa shape index (κ3) is 5.27. The Morgan fingerprint density at radius 2 is 1.78 bits per heavy atom. The minimum absolute atomic E-state index is 0.247. The number of primary amides is 1. The molecular formula is C28H25FN2O5. The summed E-state index contributed by atoms with van der Waals surface area (Å²) in [5, 5.41) is 3.42. The van der Waals surface area contributed by atoms with Crippen LogP contribution in [0.2, 0.25) is 0 Å². The normalized spacial score (nSPS) is 11.0. The summed E-state index contributed by atoms with van der Waals surface area (Å²) in [5.74, 6) is -0.328. The molecule has 7 nitrogen and oxygen atoms in total. The fourth-order valence-electron chi connectivity index (χ4n) is 3.79. The van der Waals surface area contributed by atoms with Gasteiger partial charge in [0.25, 0.3) is 11.8 Å². The van der Waals surface area contributed by atoms with E-state index in [1.165, 1.54) is 24.3 Å². The van der Waals surface area contributed by atoms with Gasteiger partial charge in [0, 0.05) is 28.6 Å². The van der Waals surface area contributed by atoms with Crippen LogP contribution in [0.3, 0.4) is 0 Å². The molecule has 0 saturated heterocycles. The van der Waals surface area contributed by atoms with Gasteiger partial charge in [-0.25, -0.2) is 4.39 Å². The van der Waals surface area contributed by atoms with Gasteiger partial charge in [-0.1, -0.05) is 19.9 Å². The van der Waals surface area contributed by atoms with Gasteiger partial charge in [0.05, 0.1) is 5.56 Å². The summed E-state index contributed by atoms with van der Waals surface area (Å²) in [7, 11) is 0. The molecule has 1 aromatic heterocycles. The predicted molar refractivity (Wildman–Crippen MR) is 134 cm³/mol. The lowest BCUT2D eigenvalue weighted by atomic mass is 9.98. The minimum Gasteiger partial charge on any atom is -0.483 e. The lowest BCUT2D eigenvalue weighted by Gasteiger charge is -2.14. The van der Waals surface area contributed by atoms with Crippen LogP contribution in [0.5, 0.6) is 5.75 Å². The second-order valence-corrected chi connectivity index (χ2v) is 8.75. The largest absolute Gasteiger partial charge is 0.483 e. The van der Waals surface area contributed by atoms with Crippen molar-refractivity contribution in [1.29, 1.82) is 0 Å². The summed E-state index contributed by atoms with van der Waals surface area (Å²) in [5.41, 5.74) is 8.17. The number of nitrogens with one attached hydrogen (secondary N) is 1. The Morgan fingerprint density at radius 1 is 1.06 bits per heavy atom. The number of benzene rings is 3. The molecule has 36 heavy (non-hydrogen) atoms. The predicted octanol–water partition coefficient (Wildman–Crippen LogP) is 4.97. The molecule has 2 amide bonds. The molecular weight excluding hydrogens is 463 g/mol. The van der Waals surface area contributed by atoms with E-state index in [0.29, 0.717) is 63.1 Å². The van der Waals surface area contributed by atoms with Crippen molar-refractivity contribution >= 4 is 29.1 Å². The average molecular weight is 489 g/mol. The maximum absolute atomic E-state index is 13.4. The molecule has 1 heterocycles. The smallest absolute Gasteiger partial charge is 0.255 e. The number of hydrogen-bond donors (Lipinski definition) is 2. The van der Waals surface area contributed by atoms with Gasteiger partial charge in [0.15, 0.2) is 12.9 Å². The van der Waals surface area contributed by atoms with Crippen molar-refractivity contribution < 1.29 is 27.9 Å². The minimum atomic E-state index is -0.642. The van der Waals surface area contributed by atoms with Crippen LogP contribution < -0.4 is 15.8 Å². The van der Waals surface area contributed by atoms with Gasteiger partial charge in [0.2, 0.25) is 0 Å². The Bertz CT molecular complexity index is 1440. The van der Waals surface area contributed by atoms with Crippen LogP contribution in [0.1, 0.15) is 34.6 Å². The first kappa shape index (κ1) is 24.7. The lowest BCUT2D eigenvalue weighted by Crippen LogP contribution is -2.27. The van der Waals surface area contributed by atoms with Crippen LogP contribution >= 0.6 is 0 Å². The Morgan fingerprint density at radius 3 is 2.44 bits per heavy atom. The SMILES string of the molecule is CC(C)CNC(=O)c1ccc(OCC(N)=O)c(-c2ccc3oc(-c4ccc(F)cc4)c(C=O)c3c2)c1. The highest BCUT2D eigenvalue weighted by Gasteiger charge is 2.19. The van der Waals surface area contributed by atoms with E-state index in [4.69, 9.17) is 14.9 Å². The molecule has 4 rings (SSSR count). The fraction of sp³-hybridized carbons (Fsp3) is 0.179. The number of carbonyl (C=O) groups excluding carboxylic acids is 3. The van der Waals surface area contributed by atoms with E-state index >= 15 is 0 Å². The molecule has 0 radical (unpaired) electrons. The standard InChI is InChI=1S/C28H25FN2O5/c1-16(2)13-31-28(34)19-6-9-24(35-15-26(30)33)21(12-19)18-5-10-25-22(11-18)23(14-32)27(36-25)17-3-7-20(29)8-4-17/h3-12,14,16H,13,15H2,1-2H3,(H2,30,33)(H,31,34). The van der Waals surface area contributed by atoms with Crippen LogP contribution in [-0.4, -0.2) is 31.3 Å². The fourth-order valence-corrected chi connectivity index (χ4v) is 3.79. The zero-order valence-electron chi connectivity index (χ0n) is 19.8. The number of hydrogen-bond acceptors (Lipinski definition) is 5. The second-order valence-electron chi connectivity index (χ2n) is 8.75. The van der Waals surface area contributed by atoms with Crippen molar-refractivity contribution in [2.24, 2.45) is 11.7 Å². The molecule has 0 fully saturated rings. The van der Waals surface area contributed by atoms with Gasteiger partial charge in [-0.05, 0) is 66.1 Å². The van der Waals surface area contributed by atoms with Crippen molar-refractivity contribution in [1.82, 2.24) is 5.32 Å². The van der Waals surface area contributed by atoms with Crippen LogP contribution in [-0.2, 0) is 4.79 Å². The number of rotatable bonds is 9. The van der Waals surface area contributed by atoms with Gasteiger partial charge >= 0.3 is 0 Å². The van der Waals surface area contributed by atoms with Crippen molar-refractivity contribution in [3.63, 3.8) is 0 Å². The molecule has 0 aliphatic heterocycles. The first-order valence-electron chi connectivity index (χ1n) is 11.4. The Labute approximate surface area is 207 Å². The molecule has 3 aromatic carbocycles. The summed E-state index contributed by atoms with van der Waals surface area (Å²) in [6.45, 7) is 4.17. The molecule has 8 heteroatoms. The molecule has 0 atom stereocenters. The molecule has 184 valence electrons. The highest BCUT2D eigenvalue weighted by Crippen LogP contribution is 2.38. The van der Waals surface area contributed by atoms with E-state index in [1.54, 1.807) is 36.4 Å². The topological polar surface area (TPSA) is 112 Å². The number of amides is 2. The van der Waals surface area contributed by atoms with E-state index < -0.39 is 11.7 Å². The number of nitrogens with two attached hydrogens (primary N) is 1. The van der Waals surface area contributed by atoms with Crippen molar-refractivity contribution in [2.45, 2.75) is 13.8 Å². The Balaban J connectivity index is 1.81. The van der Waals surface area contributed by atoms with Gasteiger partial charge < -0.3 is 20.2 Å². The number of fused-ring (bicyclic) bond motifs is 1. The number of ether oxygens (including phenoxy) is 1. The highest BCUT2D eigenvalue weighted by atomic mass is 19.1. The highest BCUT2D eigenvalue weighted by molar-refractivity contribution is 6.04. The molecule has 0 aliphatic rings. The third-order valence-corrected chi connectivity index (χ3v) is 5.54. The number of furan rings is 1. The van der Waals surface area contributed by atoms with Crippen LogP contribution in [0.25, 0.3) is 33.4 Å². The zero-order chi connectivity index (χ0) is 25.8. The van der Waals surface area contributed by atoms with Crippen molar-refractivity contribution in [3.8, 4) is 28.2 Å². The van der Waals surface area contributed by atoms with E-state index in [9.17, 15) is 18.8 Å². The lowest BCUT2D eigenvalue weighted by molar-refractivity contribution is -0.119. The summed E-state index contributed by atoms with van der Waals surface area (Å²) >= 11 is 0. The van der Waals surface area contributed by atoms with E-state index in [0.717, 1.165) is 0 Å². The monoisotopic (exact) mass is 488 g/mol. The first-order chi connectivity index (χ1) is 17.3. The summed E-state index contributed by atoms with van der Waals surface area (Å²) < 4.78 is 24.9. The summed E-state index contributed by atoms with van der Waals surface area (Å²) in [4.78, 5) is 36.1. The molecule has 3 N–H and O–H groups in total. The van der Waals surface area contributed by atoms with Gasteiger partial charge in [-0.15, -0.1) is 0 Å². The molecule has 0 spiro atoms. The summed E-state index contributed by atoms with van der Waals surface area (Å²) in [6.07, 6.45) is 0.689. The van der Waals surface area contributed by atoms with E-state index in [2.05, 4.69) is 5.32 Å². The number of halogens is 1. The third-order valence-electron chi connectivity index (χ3n) is 5.54. The second kappa shape index (κ2) is 10.4. The summed E-state index contributed by atoms with van der Waals surface area (Å²) in [6, 6.07) is 15.7. The van der Waals surface area contributed by atoms with Gasteiger partial charge in [0.1, 0.15) is 22.9 Å². The molecule has 0 saturated carbocycles. The molecule has 0 bridgehead atoms. The number of carbonyl (C=O) groups is 3. The van der Waals surface area contributed by atoms with Crippen LogP contribution in [0, 0.1) is 11.7 Å². The Kier molecular flexibility index (Phi) is 7.15. The zero-order valence-corrected chi connectivity index (χ0v) is 19.8. The van der Waals surface area contributed by atoms with Crippen molar-refractivity contribution in [3.05, 3.63) is 77.6 Å².